The van der Waals surface area contributed by atoms with E-state index in [0.29, 0.717) is 28.4 Å². The average Bonchev–Trinajstić information content (AvgIpc) is 2.72. The minimum absolute atomic E-state index is 0.144. The summed E-state index contributed by atoms with van der Waals surface area (Å²) in [6, 6.07) is 5.35. The Morgan fingerprint density at radius 2 is 1.47 bits per heavy atom. The fourth-order valence-electron chi connectivity index (χ4n) is 2.85. The van der Waals surface area contributed by atoms with Crippen molar-refractivity contribution < 1.29 is 33.7 Å². The molecule has 0 saturated carbocycles. The zero-order chi connectivity index (χ0) is 26.2. The van der Waals surface area contributed by atoms with Gasteiger partial charge in [0.05, 0.1) is 24.3 Å². The zero-order valence-electron chi connectivity index (χ0n) is 20.1. The molecule has 0 bridgehead atoms. The summed E-state index contributed by atoms with van der Waals surface area (Å²) in [5.74, 6) is -0.309. The lowest BCUT2D eigenvalue weighted by molar-refractivity contribution is -0.139. The molecule has 1 unspecified atom stereocenters. The predicted octanol–water partition coefficient (Wildman–Crippen LogP) is 5.78. The largest absolute Gasteiger partial charge is 0.495 e. The van der Waals surface area contributed by atoms with Crippen LogP contribution in [-0.2, 0) is 9.53 Å². The first-order chi connectivity index (χ1) is 15.8. The molecule has 2 aromatic rings. The standard InChI is InChI=1S/C15H20ClNO5.C9H9ClO2/c1-8-6-7-9(10(16)12(8)21-5)11(13(18)19)17-14(20)22-15(2,3)4;1-6-3-4-7(5-11)8(10)9(6)12-2/h6-7,11H,1-5H3,(H,17,20)(H,18,19);3-5H,1-2H3. The van der Waals surface area contributed by atoms with E-state index < -0.39 is 23.7 Å². The Hall–Kier alpha value is -2.97. The zero-order valence-corrected chi connectivity index (χ0v) is 21.6. The summed E-state index contributed by atoms with van der Waals surface area (Å²) in [7, 11) is 2.97. The number of amides is 1. The summed E-state index contributed by atoms with van der Waals surface area (Å²) < 4.78 is 15.3. The van der Waals surface area contributed by atoms with Crippen molar-refractivity contribution >= 4 is 41.6 Å². The molecule has 2 rings (SSSR count). The van der Waals surface area contributed by atoms with Crippen LogP contribution in [0.4, 0.5) is 4.79 Å². The first kappa shape index (κ1) is 29.1. The van der Waals surface area contributed by atoms with E-state index >= 15 is 0 Å². The Morgan fingerprint density at radius 3 is 1.91 bits per heavy atom. The fraction of sp³-hybridized carbons (Fsp3) is 0.375. The lowest BCUT2D eigenvalue weighted by Gasteiger charge is -2.23. The molecule has 0 aliphatic heterocycles. The van der Waals surface area contributed by atoms with Gasteiger partial charge < -0.3 is 24.6 Å². The third kappa shape index (κ3) is 7.81. The van der Waals surface area contributed by atoms with E-state index in [4.69, 9.17) is 37.4 Å². The molecule has 0 aliphatic carbocycles. The van der Waals surface area contributed by atoms with Crippen molar-refractivity contribution in [2.45, 2.75) is 46.3 Å². The number of halogens is 2. The van der Waals surface area contributed by atoms with E-state index in [1.807, 2.05) is 6.92 Å². The summed E-state index contributed by atoms with van der Waals surface area (Å²) in [5, 5.41) is 12.2. The van der Waals surface area contributed by atoms with Gasteiger partial charge >= 0.3 is 12.1 Å². The van der Waals surface area contributed by atoms with Gasteiger partial charge in [0.2, 0.25) is 0 Å². The minimum Gasteiger partial charge on any atom is -0.495 e. The van der Waals surface area contributed by atoms with Crippen LogP contribution in [-0.4, -0.2) is 43.3 Å². The number of benzene rings is 2. The van der Waals surface area contributed by atoms with Crippen molar-refractivity contribution in [1.29, 1.82) is 0 Å². The Kier molecular flexibility index (Phi) is 10.7. The van der Waals surface area contributed by atoms with E-state index in [1.165, 1.54) is 20.3 Å². The van der Waals surface area contributed by atoms with E-state index in [0.717, 1.165) is 11.1 Å². The highest BCUT2D eigenvalue weighted by Gasteiger charge is 2.28. The summed E-state index contributed by atoms with van der Waals surface area (Å²) in [4.78, 5) is 33.7. The number of carboxylic acid groups (broad SMARTS) is 1. The highest BCUT2D eigenvalue weighted by atomic mass is 35.5. The smallest absolute Gasteiger partial charge is 0.408 e. The van der Waals surface area contributed by atoms with Crippen LogP contribution in [0.3, 0.4) is 0 Å². The topological polar surface area (TPSA) is 111 Å². The van der Waals surface area contributed by atoms with Crippen molar-refractivity contribution in [2.75, 3.05) is 14.2 Å². The SMILES string of the molecule is COc1c(C)ccc(C(NC(=O)OC(C)(C)C)C(=O)O)c1Cl.COc1c(C)ccc(C=O)c1Cl. The summed E-state index contributed by atoms with van der Waals surface area (Å²) in [6.07, 6.45) is -0.125. The molecule has 0 saturated heterocycles. The lowest BCUT2D eigenvalue weighted by atomic mass is 10.0. The monoisotopic (exact) mass is 513 g/mol. The molecule has 0 aliphatic rings. The molecule has 0 radical (unpaired) electrons. The van der Waals surface area contributed by atoms with E-state index in [-0.39, 0.29) is 10.6 Å². The Balaban J connectivity index is 0.000000404. The maximum atomic E-state index is 11.8. The lowest BCUT2D eigenvalue weighted by Crippen LogP contribution is -2.38. The van der Waals surface area contributed by atoms with Crippen LogP contribution in [0.5, 0.6) is 11.5 Å². The van der Waals surface area contributed by atoms with E-state index in [1.54, 1.807) is 45.9 Å². The first-order valence-electron chi connectivity index (χ1n) is 10.1. The number of aldehydes is 1. The molecule has 2 aromatic carbocycles. The summed E-state index contributed by atoms with van der Waals surface area (Å²) in [5.41, 5.74) is 1.63. The van der Waals surface area contributed by atoms with Crippen molar-refractivity contribution in [1.82, 2.24) is 5.32 Å². The van der Waals surface area contributed by atoms with Gasteiger partial charge in [-0.15, -0.1) is 0 Å². The van der Waals surface area contributed by atoms with Crippen molar-refractivity contribution in [3.63, 3.8) is 0 Å². The highest BCUT2D eigenvalue weighted by Crippen LogP contribution is 2.35. The normalized spacial score (nSPS) is 11.4. The van der Waals surface area contributed by atoms with Crippen LogP contribution >= 0.6 is 23.2 Å². The number of aryl methyl sites for hydroxylation is 2. The van der Waals surface area contributed by atoms with Crippen LogP contribution in [0.25, 0.3) is 0 Å². The maximum absolute atomic E-state index is 11.8. The molecule has 186 valence electrons. The fourth-order valence-corrected chi connectivity index (χ4v) is 3.58. The third-order valence-corrected chi connectivity index (χ3v) is 5.18. The van der Waals surface area contributed by atoms with Crippen LogP contribution in [0.15, 0.2) is 24.3 Å². The molecule has 0 spiro atoms. The number of hydrogen-bond donors (Lipinski definition) is 2. The van der Waals surface area contributed by atoms with Gasteiger partial charge in [-0.1, -0.05) is 41.4 Å². The molecule has 10 heteroatoms. The Labute approximate surface area is 209 Å². The Bertz CT molecular complexity index is 1050. The molecule has 8 nitrogen and oxygen atoms in total. The first-order valence-corrected chi connectivity index (χ1v) is 10.9. The molecule has 2 N–H and O–H groups in total. The molecule has 1 atom stereocenters. The van der Waals surface area contributed by atoms with Crippen molar-refractivity contribution in [3.8, 4) is 11.5 Å². The predicted molar refractivity (Wildman–Crippen MR) is 131 cm³/mol. The summed E-state index contributed by atoms with van der Waals surface area (Å²) in [6.45, 7) is 8.71. The number of carbonyl (C=O) groups excluding carboxylic acids is 2. The van der Waals surface area contributed by atoms with Crippen LogP contribution in [0.1, 0.15) is 53.9 Å². The molecule has 1 amide bonds. The van der Waals surface area contributed by atoms with Gasteiger partial charge in [0, 0.05) is 11.1 Å². The minimum atomic E-state index is -1.34. The number of carboxylic acids is 1. The van der Waals surface area contributed by atoms with Gasteiger partial charge in [-0.05, 0) is 51.8 Å². The number of hydrogen-bond acceptors (Lipinski definition) is 6. The van der Waals surface area contributed by atoms with Crippen LogP contribution < -0.4 is 14.8 Å². The number of nitrogens with one attached hydrogen (secondary N) is 1. The van der Waals surface area contributed by atoms with Gasteiger partial charge in [0.25, 0.3) is 0 Å². The van der Waals surface area contributed by atoms with Gasteiger partial charge in [-0.25, -0.2) is 9.59 Å². The van der Waals surface area contributed by atoms with E-state index in [9.17, 15) is 19.5 Å². The molecular weight excluding hydrogens is 485 g/mol. The van der Waals surface area contributed by atoms with Crippen molar-refractivity contribution in [3.05, 3.63) is 56.6 Å². The van der Waals surface area contributed by atoms with E-state index in [2.05, 4.69) is 5.32 Å². The molecular formula is C24H29Cl2NO7. The third-order valence-electron chi connectivity index (χ3n) is 4.40. The second kappa shape index (κ2) is 12.5. The second-order valence-corrected chi connectivity index (χ2v) is 8.93. The van der Waals surface area contributed by atoms with Crippen molar-refractivity contribution in [2.24, 2.45) is 0 Å². The second-order valence-electron chi connectivity index (χ2n) is 8.17. The highest BCUT2D eigenvalue weighted by molar-refractivity contribution is 6.34. The van der Waals surface area contributed by atoms with Crippen LogP contribution in [0, 0.1) is 13.8 Å². The number of aliphatic carboxylic acids is 1. The number of alkyl carbamates (subject to hydrolysis) is 1. The number of methoxy groups -OCH3 is 2. The Morgan fingerprint density at radius 1 is 0.971 bits per heavy atom. The van der Waals surface area contributed by atoms with Gasteiger partial charge in [-0.2, -0.15) is 0 Å². The van der Waals surface area contributed by atoms with Gasteiger partial charge in [-0.3, -0.25) is 4.79 Å². The van der Waals surface area contributed by atoms with Gasteiger partial charge in [0.15, 0.2) is 12.3 Å². The molecule has 0 heterocycles. The quantitative estimate of drug-likeness (QED) is 0.471. The maximum Gasteiger partial charge on any atom is 0.408 e. The number of rotatable bonds is 6. The molecule has 0 fully saturated rings. The average molecular weight is 514 g/mol. The van der Waals surface area contributed by atoms with Crippen LogP contribution in [0.2, 0.25) is 10.0 Å². The summed E-state index contributed by atoms with van der Waals surface area (Å²) >= 11 is 12.0. The molecule has 34 heavy (non-hydrogen) atoms. The molecule has 0 aromatic heterocycles. The number of carbonyl (C=O) groups is 3. The van der Waals surface area contributed by atoms with Gasteiger partial charge in [0.1, 0.15) is 17.1 Å². The number of ether oxygens (including phenoxy) is 3.